The summed E-state index contributed by atoms with van der Waals surface area (Å²) in [7, 11) is 1.86. The predicted molar refractivity (Wildman–Crippen MR) is 108 cm³/mol. The Morgan fingerprint density at radius 2 is 1.28 bits per heavy atom. The first-order chi connectivity index (χ1) is 11.5. The number of nitrogens with one attached hydrogen (secondary N) is 1. The molecular weight excluding hydrogens is 330 g/mol. The van der Waals surface area contributed by atoms with Gasteiger partial charge in [0.2, 0.25) is 0 Å². The Hall–Kier alpha value is -1.35. The lowest BCUT2D eigenvalue weighted by molar-refractivity contribution is -0.00643. The Morgan fingerprint density at radius 1 is 0.840 bits per heavy atom. The number of aryl methyl sites for hydroxylation is 4. The van der Waals surface area contributed by atoms with E-state index in [1.807, 2.05) is 7.11 Å². The van der Waals surface area contributed by atoms with Crippen molar-refractivity contribution in [3.63, 3.8) is 0 Å². The second-order valence-corrected chi connectivity index (χ2v) is 7.34. The van der Waals surface area contributed by atoms with Gasteiger partial charge >= 0.3 is 0 Å². The number of halogens is 1. The van der Waals surface area contributed by atoms with E-state index < -0.39 is 5.60 Å². The minimum absolute atomic E-state index is 0. The molecule has 0 saturated carbocycles. The molecule has 1 atom stereocenters. The zero-order chi connectivity index (χ0) is 17.3. The van der Waals surface area contributed by atoms with Crippen LogP contribution in [0, 0.1) is 27.7 Å². The van der Waals surface area contributed by atoms with Gasteiger partial charge in [-0.25, -0.2) is 0 Å². The molecule has 1 aliphatic heterocycles. The summed E-state index contributed by atoms with van der Waals surface area (Å²) in [5, 5.41) is 3.70. The molecule has 2 nitrogen and oxygen atoms in total. The molecule has 1 heterocycles. The maximum Gasteiger partial charge on any atom is 0.133 e. The first kappa shape index (κ1) is 20.0. The van der Waals surface area contributed by atoms with Gasteiger partial charge in [-0.05, 0) is 58.2 Å². The van der Waals surface area contributed by atoms with E-state index >= 15 is 0 Å². The lowest BCUT2D eigenvalue weighted by atomic mass is 9.77. The number of rotatable bonds is 4. The van der Waals surface area contributed by atoms with Crippen molar-refractivity contribution in [2.75, 3.05) is 13.7 Å². The smallest absolute Gasteiger partial charge is 0.133 e. The van der Waals surface area contributed by atoms with Gasteiger partial charge in [0, 0.05) is 13.2 Å². The summed E-state index contributed by atoms with van der Waals surface area (Å²) in [5.41, 5.74) is 7.22. The first-order valence-corrected chi connectivity index (χ1v) is 8.92. The molecule has 0 bridgehead atoms. The summed E-state index contributed by atoms with van der Waals surface area (Å²) in [6.45, 7) is 9.73. The van der Waals surface area contributed by atoms with Crippen molar-refractivity contribution < 1.29 is 4.74 Å². The topological polar surface area (TPSA) is 21.3 Å². The summed E-state index contributed by atoms with van der Waals surface area (Å²) in [5.74, 6) is 0. The molecule has 1 N–H and O–H groups in total. The molecule has 25 heavy (non-hydrogen) atoms. The number of methoxy groups -OCH3 is 1. The van der Waals surface area contributed by atoms with Crippen molar-refractivity contribution in [3.8, 4) is 0 Å². The van der Waals surface area contributed by atoms with Crippen LogP contribution in [0.15, 0.2) is 36.4 Å². The monoisotopic (exact) mass is 359 g/mol. The largest absolute Gasteiger partial charge is 0.367 e. The number of benzene rings is 2. The van der Waals surface area contributed by atoms with Gasteiger partial charge in [0.05, 0.1) is 0 Å². The lowest BCUT2D eigenvalue weighted by Gasteiger charge is -2.40. The van der Waals surface area contributed by atoms with Crippen LogP contribution in [0.1, 0.15) is 46.2 Å². The first-order valence-electron chi connectivity index (χ1n) is 8.92. The second kappa shape index (κ2) is 7.90. The van der Waals surface area contributed by atoms with E-state index in [4.69, 9.17) is 4.74 Å². The van der Waals surface area contributed by atoms with E-state index in [9.17, 15) is 0 Å². The molecule has 3 rings (SSSR count). The molecule has 0 unspecified atom stereocenters. The molecule has 0 radical (unpaired) electrons. The van der Waals surface area contributed by atoms with Gasteiger partial charge in [0.15, 0.2) is 0 Å². The van der Waals surface area contributed by atoms with Crippen molar-refractivity contribution in [1.82, 2.24) is 5.32 Å². The SMILES string of the molecule is COC(c1cc(C)cc(C)c1)(c1cc(C)cc(C)c1)[C@@H]1CCCN1.Cl. The quantitative estimate of drug-likeness (QED) is 0.830. The Kier molecular flexibility index (Phi) is 6.31. The van der Waals surface area contributed by atoms with Gasteiger partial charge in [-0.3, -0.25) is 0 Å². The third-order valence-electron chi connectivity index (χ3n) is 5.17. The highest BCUT2D eigenvalue weighted by Crippen LogP contribution is 2.41. The third kappa shape index (κ3) is 3.76. The molecule has 0 aliphatic carbocycles. The summed E-state index contributed by atoms with van der Waals surface area (Å²) in [6.07, 6.45) is 2.33. The lowest BCUT2D eigenvalue weighted by Crippen LogP contribution is -2.48. The zero-order valence-corrected chi connectivity index (χ0v) is 16.8. The summed E-state index contributed by atoms with van der Waals surface area (Å²) < 4.78 is 6.35. The predicted octanol–water partition coefficient (Wildman–Crippen LogP) is 4.98. The van der Waals surface area contributed by atoms with Crippen LogP contribution in [0.2, 0.25) is 0 Å². The van der Waals surface area contributed by atoms with Crippen LogP contribution in [0.25, 0.3) is 0 Å². The highest BCUT2D eigenvalue weighted by atomic mass is 35.5. The van der Waals surface area contributed by atoms with E-state index in [0.717, 1.165) is 13.0 Å². The zero-order valence-electron chi connectivity index (χ0n) is 16.0. The van der Waals surface area contributed by atoms with Crippen LogP contribution in [0.5, 0.6) is 0 Å². The highest BCUT2D eigenvalue weighted by Gasteiger charge is 2.44. The third-order valence-corrected chi connectivity index (χ3v) is 5.17. The van der Waals surface area contributed by atoms with Crippen molar-refractivity contribution in [1.29, 1.82) is 0 Å². The molecule has 136 valence electrons. The van der Waals surface area contributed by atoms with Crippen LogP contribution >= 0.6 is 12.4 Å². The Bertz CT molecular complexity index is 643. The molecule has 1 fully saturated rings. The fraction of sp³-hybridized carbons (Fsp3) is 0.455. The Labute approximate surface area is 158 Å². The maximum atomic E-state index is 6.35. The highest BCUT2D eigenvalue weighted by molar-refractivity contribution is 5.85. The molecule has 3 heteroatoms. The van der Waals surface area contributed by atoms with Crippen LogP contribution < -0.4 is 5.32 Å². The molecule has 1 saturated heterocycles. The molecule has 0 spiro atoms. The van der Waals surface area contributed by atoms with E-state index in [0.29, 0.717) is 6.04 Å². The average Bonchev–Trinajstić information content (AvgIpc) is 3.01. The van der Waals surface area contributed by atoms with Gasteiger partial charge in [-0.2, -0.15) is 0 Å². The fourth-order valence-electron chi connectivity index (χ4n) is 4.36. The maximum absolute atomic E-state index is 6.35. The van der Waals surface area contributed by atoms with Crippen LogP contribution in [-0.4, -0.2) is 19.7 Å². The van der Waals surface area contributed by atoms with Crippen molar-refractivity contribution in [2.45, 2.75) is 52.2 Å². The summed E-state index contributed by atoms with van der Waals surface area (Å²) in [6, 6.07) is 13.9. The van der Waals surface area contributed by atoms with E-state index in [2.05, 4.69) is 69.4 Å². The molecule has 2 aromatic rings. The van der Waals surface area contributed by atoms with Crippen LogP contribution in [-0.2, 0) is 10.3 Å². The Balaban J connectivity index is 0.00000225. The van der Waals surface area contributed by atoms with Gasteiger partial charge in [0.25, 0.3) is 0 Å². The molecule has 1 aliphatic rings. The van der Waals surface area contributed by atoms with E-state index in [1.54, 1.807) is 0 Å². The molecule has 0 amide bonds. The minimum Gasteiger partial charge on any atom is -0.367 e. The van der Waals surface area contributed by atoms with Gasteiger partial charge in [-0.15, -0.1) is 12.4 Å². The summed E-state index contributed by atoms with van der Waals surface area (Å²) >= 11 is 0. The van der Waals surface area contributed by atoms with Gasteiger partial charge in [0.1, 0.15) is 5.60 Å². The van der Waals surface area contributed by atoms with Crippen LogP contribution in [0.3, 0.4) is 0 Å². The van der Waals surface area contributed by atoms with E-state index in [1.165, 1.54) is 39.8 Å². The molecule has 0 aromatic heterocycles. The fourth-order valence-corrected chi connectivity index (χ4v) is 4.36. The minimum atomic E-state index is -0.440. The number of hydrogen-bond donors (Lipinski definition) is 1. The average molecular weight is 360 g/mol. The summed E-state index contributed by atoms with van der Waals surface area (Å²) in [4.78, 5) is 0. The molecular formula is C22H30ClNO. The van der Waals surface area contributed by atoms with Crippen molar-refractivity contribution >= 4 is 12.4 Å². The van der Waals surface area contributed by atoms with Crippen molar-refractivity contribution in [2.24, 2.45) is 0 Å². The van der Waals surface area contributed by atoms with E-state index in [-0.39, 0.29) is 12.4 Å². The number of ether oxygens (including phenoxy) is 1. The van der Waals surface area contributed by atoms with Gasteiger partial charge < -0.3 is 10.1 Å². The Morgan fingerprint density at radius 3 is 1.60 bits per heavy atom. The van der Waals surface area contributed by atoms with Crippen LogP contribution in [0.4, 0.5) is 0 Å². The standard InChI is InChI=1S/C22H29NO.ClH/c1-15-9-16(2)12-19(11-15)22(24-5,21-7-6-8-23-21)20-13-17(3)10-18(4)14-20;/h9-14,21,23H,6-8H2,1-5H3;1H/t21-;/m0./s1. The van der Waals surface area contributed by atoms with Gasteiger partial charge in [-0.1, -0.05) is 58.7 Å². The second-order valence-electron chi connectivity index (χ2n) is 7.34. The molecule has 2 aromatic carbocycles. The normalized spacial score (nSPS) is 17.4. The number of hydrogen-bond acceptors (Lipinski definition) is 2. The van der Waals surface area contributed by atoms with Crippen molar-refractivity contribution in [3.05, 3.63) is 69.8 Å².